The molecule has 7 heteroatoms. The Labute approximate surface area is 128 Å². The zero-order valence-corrected chi connectivity index (χ0v) is 13.4. The molecule has 1 aliphatic rings. The molecule has 0 aromatic heterocycles. The second-order valence-electron chi connectivity index (χ2n) is 5.84. The SMILES string of the molecule is CC(C)(Cc1ccc(S(=O)(=O)C2COC2)c(Cl)c1)C(=O)O. The van der Waals surface area contributed by atoms with Crippen molar-refractivity contribution >= 4 is 27.4 Å². The van der Waals surface area contributed by atoms with E-state index in [1.54, 1.807) is 19.9 Å². The number of carboxylic acids is 1. The van der Waals surface area contributed by atoms with E-state index in [-0.39, 0.29) is 29.6 Å². The maximum atomic E-state index is 12.3. The minimum absolute atomic E-state index is 0.0781. The van der Waals surface area contributed by atoms with Crippen LogP contribution in [0.2, 0.25) is 5.02 Å². The number of rotatable bonds is 5. The van der Waals surface area contributed by atoms with Gasteiger partial charge in [0.05, 0.1) is 28.5 Å². The van der Waals surface area contributed by atoms with Gasteiger partial charge < -0.3 is 9.84 Å². The van der Waals surface area contributed by atoms with Gasteiger partial charge in [-0.3, -0.25) is 4.79 Å². The minimum atomic E-state index is -3.48. The van der Waals surface area contributed by atoms with Gasteiger partial charge in [-0.1, -0.05) is 17.7 Å². The number of sulfone groups is 1. The summed E-state index contributed by atoms with van der Waals surface area (Å²) in [7, 11) is -3.48. The van der Waals surface area contributed by atoms with Crippen LogP contribution in [0, 0.1) is 5.41 Å². The Bertz CT molecular complexity index is 662. The fourth-order valence-corrected chi connectivity index (χ4v) is 4.07. The fraction of sp³-hybridized carbons (Fsp3) is 0.500. The average Bonchev–Trinajstić information content (AvgIpc) is 2.24. The van der Waals surface area contributed by atoms with Crippen LogP contribution in [0.15, 0.2) is 23.1 Å². The second kappa shape index (κ2) is 5.59. The van der Waals surface area contributed by atoms with E-state index >= 15 is 0 Å². The summed E-state index contributed by atoms with van der Waals surface area (Å²) in [5.41, 5.74) is -0.248. The first-order valence-corrected chi connectivity index (χ1v) is 8.40. The molecular weight excluding hydrogens is 316 g/mol. The molecule has 0 radical (unpaired) electrons. The van der Waals surface area contributed by atoms with Crippen molar-refractivity contribution in [2.45, 2.75) is 30.4 Å². The Hall–Kier alpha value is -1.11. The summed E-state index contributed by atoms with van der Waals surface area (Å²) in [5, 5.41) is 8.71. The smallest absolute Gasteiger partial charge is 0.309 e. The number of carbonyl (C=O) groups is 1. The van der Waals surface area contributed by atoms with Gasteiger partial charge in [-0.2, -0.15) is 0 Å². The Balaban J connectivity index is 2.28. The highest BCUT2D eigenvalue weighted by Gasteiger charge is 2.35. The third-order valence-corrected chi connectivity index (χ3v) is 6.12. The van der Waals surface area contributed by atoms with Crippen LogP contribution in [-0.4, -0.2) is 38.0 Å². The minimum Gasteiger partial charge on any atom is -0.481 e. The average molecular weight is 333 g/mol. The molecule has 0 unspecified atom stereocenters. The summed E-state index contributed by atoms with van der Waals surface area (Å²) in [6.07, 6.45) is 0.273. The molecule has 116 valence electrons. The number of benzene rings is 1. The van der Waals surface area contributed by atoms with E-state index in [0.29, 0.717) is 5.56 Å². The van der Waals surface area contributed by atoms with Crippen LogP contribution < -0.4 is 0 Å². The highest BCUT2D eigenvalue weighted by molar-refractivity contribution is 7.92. The molecule has 0 aliphatic carbocycles. The molecule has 0 amide bonds. The monoisotopic (exact) mass is 332 g/mol. The molecule has 1 aromatic carbocycles. The van der Waals surface area contributed by atoms with E-state index in [4.69, 9.17) is 21.4 Å². The van der Waals surface area contributed by atoms with Gasteiger partial charge in [-0.25, -0.2) is 8.42 Å². The third kappa shape index (κ3) is 3.22. The van der Waals surface area contributed by atoms with Crippen molar-refractivity contribution in [2.75, 3.05) is 13.2 Å². The van der Waals surface area contributed by atoms with Gasteiger partial charge in [0.1, 0.15) is 5.25 Å². The summed E-state index contributed by atoms with van der Waals surface area (Å²) in [6.45, 7) is 3.60. The zero-order chi connectivity index (χ0) is 15.8. The number of hydrogen-bond acceptors (Lipinski definition) is 4. The van der Waals surface area contributed by atoms with Crippen molar-refractivity contribution < 1.29 is 23.1 Å². The molecular formula is C14H17ClO5S. The maximum Gasteiger partial charge on any atom is 0.309 e. The molecule has 1 aromatic rings. The van der Waals surface area contributed by atoms with Crippen LogP contribution in [0.25, 0.3) is 0 Å². The maximum absolute atomic E-state index is 12.3. The van der Waals surface area contributed by atoms with Crippen LogP contribution in [0.5, 0.6) is 0 Å². The predicted molar refractivity (Wildman–Crippen MR) is 78.4 cm³/mol. The largest absolute Gasteiger partial charge is 0.481 e. The molecule has 2 rings (SSSR count). The van der Waals surface area contributed by atoms with E-state index in [2.05, 4.69) is 0 Å². The molecule has 1 saturated heterocycles. The van der Waals surface area contributed by atoms with Crippen LogP contribution in [-0.2, 0) is 25.8 Å². The molecule has 0 bridgehead atoms. The van der Waals surface area contributed by atoms with Gasteiger partial charge in [-0.15, -0.1) is 0 Å². The molecule has 1 heterocycles. The first-order chi connectivity index (χ1) is 9.64. The lowest BCUT2D eigenvalue weighted by molar-refractivity contribution is -0.146. The van der Waals surface area contributed by atoms with Crippen molar-refractivity contribution in [1.29, 1.82) is 0 Å². The molecule has 5 nitrogen and oxygen atoms in total. The first-order valence-electron chi connectivity index (χ1n) is 6.48. The predicted octanol–water partition coefficient (Wildman–Crippen LogP) is 2.17. The lowest BCUT2D eigenvalue weighted by atomic mass is 9.86. The number of halogens is 1. The topological polar surface area (TPSA) is 80.7 Å². The molecule has 1 aliphatic heterocycles. The molecule has 1 N–H and O–H groups in total. The standard InChI is InChI=1S/C14H17ClO5S/c1-14(2,13(16)17)6-9-3-4-12(11(15)5-9)21(18,19)10-7-20-8-10/h3-5,10H,6-8H2,1-2H3,(H,16,17). The van der Waals surface area contributed by atoms with Crippen LogP contribution >= 0.6 is 11.6 Å². The van der Waals surface area contributed by atoms with Gasteiger partial charge in [0.25, 0.3) is 0 Å². The Morgan fingerprint density at radius 3 is 2.48 bits per heavy atom. The highest BCUT2D eigenvalue weighted by atomic mass is 35.5. The molecule has 0 atom stereocenters. The summed E-state index contributed by atoms with van der Waals surface area (Å²) < 4.78 is 29.5. The lowest BCUT2D eigenvalue weighted by Gasteiger charge is -2.26. The first kappa shape index (κ1) is 16.3. The normalized spacial score (nSPS) is 16.5. The van der Waals surface area contributed by atoms with Gasteiger partial charge in [0.15, 0.2) is 9.84 Å². The quantitative estimate of drug-likeness (QED) is 0.893. The zero-order valence-electron chi connectivity index (χ0n) is 11.8. The van der Waals surface area contributed by atoms with Crippen molar-refractivity contribution in [2.24, 2.45) is 5.41 Å². The Morgan fingerprint density at radius 2 is 2.05 bits per heavy atom. The molecule has 1 fully saturated rings. The van der Waals surface area contributed by atoms with Gasteiger partial charge in [0, 0.05) is 0 Å². The van der Waals surface area contributed by atoms with E-state index < -0.39 is 26.5 Å². The van der Waals surface area contributed by atoms with Gasteiger partial charge in [0.2, 0.25) is 0 Å². The lowest BCUT2D eigenvalue weighted by Crippen LogP contribution is -2.40. The van der Waals surface area contributed by atoms with Crippen molar-refractivity contribution in [1.82, 2.24) is 0 Å². The summed E-state index contributed by atoms with van der Waals surface area (Å²) >= 11 is 6.08. The van der Waals surface area contributed by atoms with Gasteiger partial charge >= 0.3 is 5.97 Å². The Morgan fingerprint density at radius 1 is 1.43 bits per heavy atom. The second-order valence-corrected chi connectivity index (χ2v) is 8.44. The molecule has 0 saturated carbocycles. The van der Waals surface area contributed by atoms with Crippen LogP contribution in [0.4, 0.5) is 0 Å². The van der Waals surface area contributed by atoms with Crippen molar-refractivity contribution in [3.05, 3.63) is 28.8 Å². The van der Waals surface area contributed by atoms with Crippen molar-refractivity contribution in [3.63, 3.8) is 0 Å². The summed E-state index contributed by atoms with van der Waals surface area (Å²) in [5.74, 6) is -0.915. The van der Waals surface area contributed by atoms with E-state index in [9.17, 15) is 13.2 Å². The fourth-order valence-electron chi connectivity index (χ4n) is 2.04. The molecule has 0 spiro atoms. The van der Waals surface area contributed by atoms with Crippen LogP contribution in [0.1, 0.15) is 19.4 Å². The number of hydrogen-bond donors (Lipinski definition) is 1. The Kier molecular flexibility index (Phi) is 4.33. The number of carboxylic acid groups (broad SMARTS) is 1. The van der Waals surface area contributed by atoms with Crippen molar-refractivity contribution in [3.8, 4) is 0 Å². The number of aliphatic carboxylic acids is 1. The number of ether oxygens (including phenoxy) is 1. The summed E-state index contributed by atoms with van der Waals surface area (Å²) in [4.78, 5) is 11.2. The van der Waals surface area contributed by atoms with E-state index in [1.165, 1.54) is 12.1 Å². The molecule has 21 heavy (non-hydrogen) atoms. The van der Waals surface area contributed by atoms with E-state index in [0.717, 1.165) is 0 Å². The highest BCUT2D eigenvalue weighted by Crippen LogP contribution is 2.31. The van der Waals surface area contributed by atoms with Gasteiger partial charge in [-0.05, 0) is 38.0 Å². The third-order valence-electron chi connectivity index (χ3n) is 3.57. The van der Waals surface area contributed by atoms with E-state index in [1.807, 2.05) is 0 Å². The van der Waals surface area contributed by atoms with Crippen LogP contribution in [0.3, 0.4) is 0 Å². The summed E-state index contributed by atoms with van der Waals surface area (Å²) in [6, 6.07) is 4.59.